The zero-order valence-electron chi connectivity index (χ0n) is 15.6. The van der Waals surface area contributed by atoms with Crippen molar-refractivity contribution < 1.29 is 9.59 Å². The van der Waals surface area contributed by atoms with E-state index >= 15 is 0 Å². The normalized spacial score (nSPS) is 16.5. The van der Waals surface area contributed by atoms with Gasteiger partial charge in [-0.15, -0.1) is 0 Å². The van der Waals surface area contributed by atoms with Crippen LogP contribution in [0.15, 0.2) is 54.5 Å². The Morgan fingerprint density at radius 1 is 1.21 bits per heavy atom. The lowest BCUT2D eigenvalue weighted by Gasteiger charge is -2.25. The monoisotopic (exact) mass is 374 g/mol. The van der Waals surface area contributed by atoms with E-state index in [0.717, 1.165) is 30.5 Å². The van der Waals surface area contributed by atoms with Gasteiger partial charge in [0.25, 0.3) is 0 Å². The van der Waals surface area contributed by atoms with Crippen LogP contribution >= 0.6 is 0 Å². The Labute approximate surface area is 164 Å². The van der Waals surface area contributed by atoms with Crippen LogP contribution in [0.3, 0.4) is 0 Å². The molecule has 2 aliphatic heterocycles. The van der Waals surface area contributed by atoms with Gasteiger partial charge in [-0.3, -0.25) is 14.6 Å². The van der Waals surface area contributed by atoms with Gasteiger partial charge in [-0.05, 0) is 60.2 Å². The van der Waals surface area contributed by atoms with E-state index in [-0.39, 0.29) is 11.8 Å². The second-order valence-corrected chi connectivity index (χ2v) is 7.09. The molecule has 142 valence electrons. The molecule has 0 saturated carbocycles. The summed E-state index contributed by atoms with van der Waals surface area (Å²) in [4.78, 5) is 34.1. The standard InChI is InChI=1S/C22H22N4O2/c27-20-3-2-19-14-18(15-24-22(19)25-20)1-4-21(28)26-11-7-17(8-12-26)13-16-5-9-23-10-6-16/h1,4-7,9-10,14-15H,2-3,8,11-13H2,(H,24,25,27)/b4-1+. The number of fused-ring (bicyclic) bond motifs is 1. The molecule has 0 unspecified atom stereocenters. The number of nitrogens with zero attached hydrogens (tertiary/aromatic N) is 3. The van der Waals surface area contributed by atoms with E-state index in [2.05, 4.69) is 21.4 Å². The maximum absolute atomic E-state index is 12.5. The SMILES string of the molecule is O=C1CCc2cc(/C=C/C(=O)N3CC=C(Cc4ccncc4)CC3)cnc2N1. The molecule has 1 N–H and O–H groups in total. The number of nitrogens with one attached hydrogen (secondary N) is 1. The highest BCUT2D eigenvalue weighted by molar-refractivity contribution is 5.94. The molecule has 2 aromatic heterocycles. The highest BCUT2D eigenvalue weighted by Crippen LogP contribution is 2.21. The molecule has 2 amide bonds. The third-order valence-electron chi connectivity index (χ3n) is 5.08. The van der Waals surface area contributed by atoms with E-state index in [0.29, 0.717) is 25.2 Å². The van der Waals surface area contributed by atoms with Crippen molar-refractivity contribution >= 4 is 23.7 Å². The molecule has 0 spiro atoms. The number of pyridine rings is 2. The van der Waals surface area contributed by atoms with E-state index in [1.807, 2.05) is 35.5 Å². The van der Waals surface area contributed by atoms with Gasteiger partial charge in [0.15, 0.2) is 0 Å². The first kappa shape index (κ1) is 18.1. The highest BCUT2D eigenvalue weighted by atomic mass is 16.2. The van der Waals surface area contributed by atoms with Crippen LogP contribution in [0.25, 0.3) is 6.08 Å². The summed E-state index contributed by atoms with van der Waals surface area (Å²) in [6.07, 6.45) is 13.8. The molecule has 0 saturated heterocycles. The van der Waals surface area contributed by atoms with Crippen LogP contribution in [-0.4, -0.2) is 39.8 Å². The molecular weight excluding hydrogens is 352 g/mol. The summed E-state index contributed by atoms with van der Waals surface area (Å²) < 4.78 is 0. The fourth-order valence-electron chi connectivity index (χ4n) is 3.47. The molecule has 6 heteroatoms. The Balaban J connectivity index is 1.35. The predicted molar refractivity (Wildman–Crippen MR) is 107 cm³/mol. The number of anilines is 1. The lowest BCUT2D eigenvalue weighted by atomic mass is 10.0. The van der Waals surface area contributed by atoms with Gasteiger partial charge in [0.1, 0.15) is 5.82 Å². The van der Waals surface area contributed by atoms with Crippen molar-refractivity contribution in [3.8, 4) is 0 Å². The van der Waals surface area contributed by atoms with Gasteiger partial charge in [0.05, 0.1) is 0 Å². The summed E-state index contributed by atoms with van der Waals surface area (Å²) in [5.41, 5.74) is 4.49. The van der Waals surface area contributed by atoms with Crippen LogP contribution in [0.2, 0.25) is 0 Å². The minimum Gasteiger partial charge on any atom is -0.335 e. The first-order chi connectivity index (χ1) is 13.7. The average molecular weight is 374 g/mol. The number of carbonyl (C=O) groups is 2. The number of hydrogen-bond acceptors (Lipinski definition) is 4. The largest absolute Gasteiger partial charge is 0.335 e. The number of aromatic nitrogens is 2. The lowest BCUT2D eigenvalue weighted by Crippen LogP contribution is -2.33. The Morgan fingerprint density at radius 2 is 2.07 bits per heavy atom. The van der Waals surface area contributed by atoms with Crippen molar-refractivity contribution in [2.45, 2.75) is 25.7 Å². The number of aryl methyl sites for hydroxylation is 1. The molecule has 0 aliphatic carbocycles. The minimum atomic E-state index is -0.0000710. The van der Waals surface area contributed by atoms with Crippen molar-refractivity contribution in [1.82, 2.24) is 14.9 Å². The maximum Gasteiger partial charge on any atom is 0.246 e. The molecule has 2 aromatic rings. The molecule has 6 nitrogen and oxygen atoms in total. The fraction of sp³-hybridized carbons (Fsp3) is 0.273. The topological polar surface area (TPSA) is 75.2 Å². The second kappa shape index (κ2) is 8.17. The third-order valence-corrected chi connectivity index (χ3v) is 5.08. The second-order valence-electron chi connectivity index (χ2n) is 7.09. The Kier molecular flexibility index (Phi) is 5.28. The van der Waals surface area contributed by atoms with E-state index in [9.17, 15) is 9.59 Å². The molecule has 4 rings (SSSR count). The quantitative estimate of drug-likeness (QED) is 0.660. The highest BCUT2D eigenvalue weighted by Gasteiger charge is 2.17. The average Bonchev–Trinajstić information content (AvgIpc) is 2.73. The minimum absolute atomic E-state index is 0.0000710. The number of carbonyl (C=O) groups excluding carboxylic acids is 2. The molecule has 0 aromatic carbocycles. The van der Waals surface area contributed by atoms with Crippen LogP contribution in [-0.2, 0) is 22.4 Å². The van der Waals surface area contributed by atoms with Crippen LogP contribution in [0, 0.1) is 0 Å². The third kappa shape index (κ3) is 4.34. The van der Waals surface area contributed by atoms with Gasteiger partial charge in [-0.2, -0.15) is 0 Å². The van der Waals surface area contributed by atoms with Gasteiger partial charge in [-0.25, -0.2) is 4.98 Å². The number of hydrogen-bond donors (Lipinski definition) is 1. The summed E-state index contributed by atoms with van der Waals surface area (Å²) in [6.45, 7) is 1.37. The van der Waals surface area contributed by atoms with Gasteiger partial charge in [0, 0.05) is 44.2 Å². The predicted octanol–water partition coefficient (Wildman–Crippen LogP) is 2.78. The molecular formula is C22H22N4O2. The molecule has 0 fully saturated rings. The van der Waals surface area contributed by atoms with Gasteiger partial charge < -0.3 is 10.2 Å². The van der Waals surface area contributed by atoms with Crippen LogP contribution in [0.4, 0.5) is 5.82 Å². The maximum atomic E-state index is 12.5. The van der Waals surface area contributed by atoms with Crippen LogP contribution in [0.5, 0.6) is 0 Å². The summed E-state index contributed by atoms with van der Waals surface area (Å²) >= 11 is 0. The smallest absolute Gasteiger partial charge is 0.246 e. The zero-order chi connectivity index (χ0) is 19.3. The van der Waals surface area contributed by atoms with E-state index in [1.54, 1.807) is 18.3 Å². The van der Waals surface area contributed by atoms with Crippen LogP contribution in [0.1, 0.15) is 29.5 Å². The summed E-state index contributed by atoms with van der Waals surface area (Å²) in [6, 6.07) is 6.03. The number of rotatable bonds is 4. The number of amides is 2. The molecule has 0 bridgehead atoms. The first-order valence-corrected chi connectivity index (χ1v) is 9.50. The molecule has 28 heavy (non-hydrogen) atoms. The van der Waals surface area contributed by atoms with E-state index < -0.39 is 0 Å². The first-order valence-electron chi connectivity index (χ1n) is 9.50. The fourth-order valence-corrected chi connectivity index (χ4v) is 3.47. The van der Waals surface area contributed by atoms with Crippen molar-refractivity contribution in [3.63, 3.8) is 0 Å². The van der Waals surface area contributed by atoms with Crippen molar-refractivity contribution in [3.05, 3.63) is 71.2 Å². The van der Waals surface area contributed by atoms with Crippen molar-refractivity contribution in [2.24, 2.45) is 0 Å². The zero-order valence-corrected chi connectivity index (χ0v) is 15.6. The van der Waals surface area contributed by atoms with E-state index in [4.69, 9.17) is 0 Å². The van der Waals surface area contributed by atoms with Crippen LogP contribution < -0.4 is 5.32 Å². The van der Waals surface area contributed by atoms with Gasteiger partial charge >= 0.3 is 0 Å². The molecule has 0 atom stereocenters. The van der Waals surface area contributed by atoms with Gasteiger partial charge in [0.2, 0.25) is 11.8 Å². The lowest BCUT2D eigenvalue weighted by molar-refractivity contribution is -0.125. The van der Waals surface area contributed by atoms with Crippen molar-refractivity contribution in [2.75, 3.05) is 18.4 Å². The Hall–Kier alpha value is -3.28. The van der Waals surface area contributed by atoms with Gasteiger partial charge in [-0.1, -0.05) is 11.6 Å². The Morgan fingerprint density at radius 3 is 2.86 bits per heavy atom. The molecule has 2 aliphatic rings. The van der Waals surface area contributed by atoms with E-state index in [1.165, 1.54) is 11.1 Å². The summed E-state index contributed by atoms with van der Waals surface area (Å²) in [5.74, 6) is 0.632. The summed E-state index contributed by atoms with van der Waals surface area (Å²) in [7, 11) is 0. The molecule has 4 heterocycles. The van der Waals surface area contributed by atoms with Crippen molar-refractivity contribution in [1.29, 1.82) is 0 Å². The summed E-state index contributed by atoms with van der Waals surface area (Å²) in [5, 5.41) is 2.77. The Bertz CT molecular complexity index is 950. The molecule has 0 radical (unpaired) electrons.